The zero-order valence-electron chi connectivity index (χ0n) is 26.3. The molecule has 4 N–H and O–H groups in total. The molecule has 0 radical (unpaired) electrons. The molecule has 238 valence electrons. The van der Waals surface area contributed by atoms with Crippen molar-refractivity contribution >= 4 is 51.7 Å². The van der Waals surface area contributed by atoms with Gasteiger partial charge < -0.3 is 20.7 Å². The van der Waals surface area contributed by atoms with Gasteiger partial charge in [0.2, 0.25) is 5.91 Å². The Balaban J connectivity index is 0.00000226. The van der Waals surface area contributed by atoms with Crippen LogP contribution in [-0.2, 0) is 16.1 Å². The molecule has 2 amide bonds. The third kappa shape index (κ3) is 9.34. The van der Waals surface area contributed by atoms with Crippen LogP contribution in [0, 0.1) is 6.92 Å². The minimum absolute atomic E-state index is 0.0681. The SMILES string of the molecule is CC.Cc1ccccc1C(CF)COC(=O)Nc1ccc(SC2CC2)c(CN(C)C(=O)CNc2ccc3c(N)nccc3c2)c1. The van der Waals surface area contributed by atoms with Crippen molar-refractivity contribution < 1.29 is 18.7 Å². The Morgan fingerprint density at radius 1 is 1.09 bits per heavy atom. The Morgan fingerprint density at radius 2 is 1.84 bits per heavy atom. The van der Waals surface area contributed by atoms with E-state index in [1.165, 1.54) is 12.8 Å². The number of amides is 2. The maximum atomic E-state index is 13.8. The van der Waals surface area contributed by atoms with Gasteiger partial charge in [0.1, 0.15) is 12.4 Å². The molecule has 3 aromatic carbocycles. The van der Waals surface area contributed by atoms with E-state index in [0.717, 1.165) is 38.0 Å². The van der Waals surface area contributed by atoms with E-state index in [0.29, 0.717) is 23.3 Å². The number of benzene rings is 3. The number of ether oxygens (including phenoxy) is 1. The second-order valence-electron chi connectivity index (χ2n) is 10.8. The van der Waals surface area contributed by atoms with Gasteiger partial charge in [-0.2, -0.15) is 0 Å². The number of likely N-dealkylation sites (N-methyl/N-ethyl adjacent to an activating group) is 1. The van der Waals surface area contributed by atoms with E-state index in [9.17, 15) is 14.0 Å². The Morgan fingerprint density at radius 3 is 2.58 bits per heavy atom. The lowest BCUT2D eigenvalue weighted by Gasteiger charge is -2.21. The highest BCUT2D eigenvalue weighted by Gasteiger charge is 2.24. The molecule has 0 spiro atoms. The number of carbonyl (C=O) groups excluding carboxylic acids is 2. The number of nitrogen functional groups attached to an aromatic ring is 1. The zero-order valence-corrected chi connectivity index (χ0v) is 27.1. The van der Waals surface area contributed by atoms with E-state index in [1.807, 2.05) is 87.5 Å². The van der Waals surface area contributed by atoms with Crippen LogP contribution in [0.4, 0.5) is 26.4 Å². The molecule has 8 nitrogen and oxygen atoms in total. The quantitative estimate of drug-likeness (QED) is 0.147. The van der Waals surface area contributed by atoms with Gasteiger partial charge in [0.15, 0.2) is 0 Å². The first kappa shape index (κ1) is 33.6. The number of nitrogens with two attached hydrogens (primary N) is 1. The maximum absolute atomic E-state index is 13.8. The van der Waals surface area contributed by atoms with Crippen molar-refractivity contribution in [2.75, 3.05) is 43.2 Å². The van der Waals surface area contributed by atoms with Crippen LogP contribution >= 0.6 is 11.8 Å². The van der Waals surface area contributed by atoms with Gasteiger partial charge in [0.25, 0.3) is 0 Å². The van der Waals surface area contributed by atoms with Gasteiger partial charge in [-0.25, -0.2) is 9.78 Å². The molecule has 1 atom stereocenters. The standard InChI is InChI=1S/C33H36FN5O3S.C2H6/c1-21-5-3-4-6-28(21)24(17-34)20-42-33(41)38-26-8-12-30(43-27-9-10-27)23(16-26)19-39(2)31(40)18-37-25-7-11-29-22(15-25)13-14-36-32(29)35;1-2/h3-8,11-16,24,27,37H,9-10,17-20H2,1-2H3,(H2,35,36)(H,38,41);1-2H3. The fourth-order valence-corrected chi connectivity index (χ4v) is 5.97. The Hall–Kier alpha value is -4.31. The summed E-state index contributed by atoms with van der Waals surface area (Å²) in [5.41, 5.74) is 10.0. The maximum Gasteiger partial charge on any atom is 0.411 e. The molecule has 1 unspecified atom stereocenters. The molecule has 1 heterocycles. The summed E-state index contributed by atoms with van der Waals surface area (Å²) >= 11 is 1.79. The monoisotopic (exact) mass is 631 g/mol. The van der Waals surface area contributed by atoms with Crippen molar-refractivity contribution in [1.82, 2.24) is 9.88 Å². The summed E-state index contributed by atoms with van der Waals surface area (Å²) in [6, 6.07) is 20.8. The highest BCUT2D eigenvalue weighted by Crippen LogP contribution is 2.41. The summed E-state index contributed by atoms with van der Waals surface area (Å²) in [4.78, 5) is 32.6. The van der Waals surface area contributed by atoms with Gasteiger partial charge in [-0.15, -0.1) is 11.8 Å². The fraction of sp³-hybridized carbons (Fsp3) is 0.343. The molecule has 1 saturated carbocycles. The molecule has 0 aliphatic heterocycles. The third-order valence-electron chi connectivity index (χ3n) is 7.43. The highest BCUT2D eigenvalue weighted by molar-refractivity contribution is 8.00. The van der Waals surface area contributed by atoms with Crippen LogP contribution < -0.4 is 16.4 Å². The minimum atomic E-state index is -0.651. The summed E-state index contributed by atoms with van der Waals surface area (Å²) in [7, 11) is 1.76. The summed E-state index contributed by atoms with van der Waals surface area (Å²) in [6.45, 7) is 5.71. The van der Waals surface area contributed by atoms with Crippen molar-refractivity contribution in [2.24, 2.45) is 0 Å². The Kier molecular flexibility index (Phi) is 12.0. The number of thioether (sulfide) groups is 1. The normalized spacial score (nSPS) is 12.9. The first-order chi connectivity index (χ1) is 21.8. The second kappa shape index (κ2) is 16.1. The number of fused-ring (bicyclic) bond motifs is 1. The molecule has 1 aromatic heterocycles. The van der Waals surface area contributed by atoms with E-state index in [4.69, 9.17) is 10.5 Å². The molecule has 45 heavy (non-hydrogen) atoms. The lowest BCUT2D eigenvalue weighted by molar-refractivity contribution is -0.128. The van der Waals surface area contributed by atoms with Crippen LogP contribution in [0.25, 0.3) is 10.8 Å². The van der Waals surface area contributed by atoms with Crippen molar-refractivity contribution in [3.8, 4) is 0 Å². The summed E-state index contributed by atoms with van der Waals surface area (Å²) in [5.74, 6) is -0.142. The number of alkyl halides is 1. The number of nitrogens with one attached hydrogen (secondary N) is 2. The summed E-state index contributed by atoms with van der Waals surface area (Å²) in [5, 5.41) is 8.35. The van der Waals surface area contributed by atoms with E-state index in [2.05, 4.69) is 15.6 Å². The lowest BCUT2D eigenvalue weighted by atomic mass is 9.97. The number of halogens is 1. The summed E-state index contributed by atoms with van der Waals surface area (Å²) in [6.07, 6.45) is 3.34. The van der Waals surface area contributed by atoms with Crippen LogP contribution in [0.3, 0.4) is 0 Å². The number of carbonyl (C=O) groups is 2. The Labute approximate surface area is 268 Å². The molecule has 0 saturated heterocycles. The number of hydrogen-bond acceptors (Lipinski definition) is 7. The van der Waals surface area contributed by atoms with E-state index in [1.54, 1.807) is 29.9 Å². The number of pyridine rings is 1. The number of anilines is 3. The average Bonchev–Trinajstić information content (AvgIpc) is 3.87. The lowest BCUT2D eigenvalue weighted by Crippen LogP contribution is -2.32. The van der Waals surface area contributed by atoms with Gasteiger partial charge >= 0.3 is 6.09 Å². The van der Waals surface area contributed by atoms with Crippen LogP contribution in [0.2, 0.25) is 0 Å². The number of hydrogen-bond donors (Lipinski definition) is 3. The fourth-order valence-electron chi connectivity index (χ4n) is 4.82. The van der Waals surface area contributed by atoms with Crippen molar-refractivity contribution in [3.63, 3.8) is 0 Å². The number of rotatable bonds is 12. The van der Waals surface area contributed by atoms with E-state index < -0.39 is 18.7 Å². The second-order valence-corrected chi connectivity index (χ2v) is 12.1. The molecule has 4 aromatic rings. The molecule has 1 aliphatic rings. The van der Waals surface area contributed by atoms with Gasteiger partial charge in [-0.3, -0.25) is 14.5 Å². The number of nitrogens with zero attached hydrogens (tertiary/aromatic N) is 2. The molecular weight excluding hydrogens is 589 g/mol. The van der Waals surface area contributed by atoms with E-state index >= 15 is 0 Å². The smallest absolute Gasteiger partial charge is 0.411 e. The van der Waals surface area contributed by atoms with Crippen LogP contribution in [0.1, 0.15) is 49.3 Å². The molecule has 1 aliphatic carbocycles. The van der Waals surface area contributed by atoms with E-state index in [-0.39, 0.29) is 19.1 Å². The zero-order chi connectivity index (χ0) is 32.3. The van der Waals surface area contributed by atoms with Crippen molar-refractivity contribution in [2.45, 2.75) is 56.2 Å². The van der Waals surface area contributed by atoms with Gasteiger partial charge in [-0.1, -0.05) is 38.1 Å². The first-order valence-electron chi connectivity index (χ1n) is 15.3. The minimum Gasteiger partial charge on any atom is -0.449 e. The van der Waals surface area contributed by atoms with Gasteiger partial charge in [0.05, 0.1) is 13.2 Å². The summed E-state index contributed by atoms with van der Waals surface area (Å²) < 4.78 is 19.2. The van der Waals surface area contributed by atoms with Crippen LogP contribution in [0.15, 0.2) is 77.8 Å². The highest BCUT2D eigenvalue weighted by atomic mass is 32.2. The first-order valence-corrected chi connectivity index (χ1v) is 16.2. The van der Waals surface area contributed by atoms with Gasteiger partial charge in [-0.05, 0) is 84.3 Å². The van der Waals surface area contributed by atoms with Crippen LogP contribution in [-0.4, -0.2) is 54.0 Å². The topological polar surface area (TPSA) is 110 Å². The van der Waals surface area contributed by atoms with Crippen molar-refractivity contribution in [3.05, 3.63) is 89.6 Å². The molecule has 0 bridgehead atoms. The largest absolute Gasteiger partial charge is 0.449 e. The third-order valence-corrected chi connectivity index (χ3v) is 8.88. The molecular formula is C35H42FN5O3S. The predicted molar refractivity (Wildman–Crippen MR) is 183 cm³/mol. The molecule has 10 heteroatoms. The van der Waals surface area contributed by atoms with Crippen molar-refractivity contribution in [1.29, 1.82) is 0 Å². The Bertz CT molecular complexity index is 1610. The number of aromatic nitrogens is 1. The molecule has 5 rings (SSSR count). The average molecular weight is 632 g/mol. The molecule has 1 fully saturated rings. The van der Waals surface area contributed by atoms with Crippen LogP contribution in [0.5, 0.6) is 0 Å². The predicted octanol–water partition coefficient (Wildman–Crippen LogP) is 7.78. The van der Waals surface area contributed by atoms with Gasteiger partial charge in [0, 0.05) is 52.6 Å². The number of aryl methyl sites for hydroxylation is 1.